The van der Waals surface area contributed by atoms with Crippen LogP contribution in [0, 0.1) is 6.92 Å². The smallest absolute Gasteiger partial charge is 0.350 e. The maximum atomic E-state index is 12.0. The molecule has 0 bridgehead atoms. The fraction of sp³-hybridized carbons (Fsp3) is 0.571. The number of nitrogens with zero attached hydrogens (tertiary/aromatic N) is 4. The molecule has 0 spiro atoms. The number of aryl methyl sites for hydroxylation is 2. The van der Waals surface area contributed by atoms with E-state index in [1.165, 1.54) is 30.6 Å². The van der Waals surface area contributed by atoms with Crippen LogP contribution in [0.5, 0.6) is 0 Å². The van der Waals surface area contributed by atoms with Gasteiger partial charge in [-0.1, -0.05) is 42.7 Å². The first-order valence-electron chi connectivity index (χ1n) is 7.29. The summed E-state index contributed by atoms with van der Waals surface area (Å²) >= 11 is 4.53. The third kappa shape index (κ3) is 4.88. The first-order chi connectivity index (χ1) is 10.6. The molecule has 2 aromatic heterocycles. The fourth-order valence-corrected chi connectivity index (χ4v) is 3.41. The zero-order chi connectivity index (χ0) is 15.9. The van der Waals surface area contributed by atoms with Crippen LogP contribution in [0.3, 0.4) is 0 Å². The molecule has 0 aliphatic carbocycles. The van der Waals surface area contributed by atoms with E-state index in [-0.39, 0.29) is 12.6 Å². The number of rotatable bonds is 8. The monoisotopic (exact) mass is 386 g/mol. The van der Waals surface area contributed by atoms with Crippen molar-refractivity contribution >= 4 is 33.2 Å². The second-order valence-corrected chi connectivity index (χ2v) is 7.27. The molecular formula is C14H19BrN4O2S. The summed E-state index contributed by atoms with van der Waals surface area (Å²) in [5.74, 6) is -0.377. The summed E-state index contributed by atoms with van der Waals surface area (Å²) in [6.07, 6.45) is 6.56. The largest absolute Gasteiger partial charge is 0.455 e. The van der Waals surface area contributed by atoms with Gasteiger partial charge < -0.3 is 4.74 Å². The number of halogens is 1. The molecule has 22 heavy (non-hydrogen) atoms. The van der Waals surface area contributed by atoms with Gasteiger partial charge in [-0.05, 0) is 29.3 Å². The summed E-state index contributed by atoms with van der Waals surface area (Å²) in [5, 5.41) is 8.07. The molecule has 0 unspecified atom stereocenters. The molecule has 2 rings (SSSR count). The Bertz CT molecular complexity index is 626. The Labute approximate surface area is 142 Å². The molecule has 0 amide bonds. The van der Waals surface area contributed by atoms with E-state index in [4.69, 9.17) is 4.74 Å². The Morgan fingerprint density at radius 1 is 1.41 bits per heavy atom. The van der Waals surface area contributed by atoms with Gasteiger partial charge in [-0.2, -0.15) is 0 Å². The van der Waals surface area contributed by atoms with E-state index in [1.54, 1.807) is 11.6 Å². The molecule has 8 heteroatoms. The molecule has 120 valence electrons. The number of ether oxygens (including phenoxy) is 1. The van der Waals surface area contributed by atoms with Gasteiger partial charge in [-0.3, -0.25) is 4.68 Å². The van der Waals surface area contributed by atoms with E-state index in [2.05, 4.69) is 38.1 Å². The van der Waals surface area contributed by atoms with E-state index < -0.39 is 0 Å². The van der Waals surface area contributed by atoms with Gasteiger partial charge in [0.2, 0.25) is 0 Å². The highest BCUT2D eigenvalue weighted by atomic mass is 79.9. The van der Waals surface area contributed by atoms with Crippen LogP contribution in [0.1, 0.15) is 53.7 Å². The number of thiazole rings is 1. The van der Waals surface area contributed by atoms with Crippen molar-refractivity contribution < 1.29 is 9.53 Å². The van der Waals surface area contributed by atoms with Crippen molar-refractivity contribution in [2.24, 2.45) is 0 Å². The number of carbonyl (C=O) groups excluding carboxylic acids is 1. The van der Waals surface area contributed by atoms with Crippen LogP contribution in [-0.4, -0.2) is 25.9 Å². The van der Waals surface area contributed by atoms with E-state index in [0.29, 0.717) is 20.2 Å². The molecule has 0 aliphatic rings. The Morgan fingerprint density at radius 2 is 2.23 bits per heavy atom. The number of hydrogen-bond acceptors (Lipinski definition) is 6. The standard InChI is InChI=1S/C14H19BrN4O2S/c1-3-4-5-6-7-19-8-11(17-18-19)9-21-13(20)12-10(2)16-14(15)22-12/h8H,3-7,9H2,1-2H3. The molecule has 0 aliphatic heterocycles. The van der Waals surface area contributed by atoms with Gasteiger partial charge >= 0.3 is 5.97 Å². The first-order valence-corrected chi connectivity index (χ1v) is 8.90. The molecule has 0 N–H and O–H groups in total. The zero-order valence-corrected chi connectivity index (χ0v) is 15.1. The third-order valence-electron chi connectivity index (χ3n) is 3.13. The Hall–Kier alpha value is -1.28. The second-order valence-electron chi connectivity index (χ2n) is 4.99. The molecule has 0 fully saturated rings. The number of carbonyl (C=O) groups is 1. The number of hydrogen-bond donors (Lipinski definition) is 0. The van der Waals surface area contributed by atoms with Gasteiger partial charge in [-0.15, -0.1) is 5.10 Å². The van der Waals surface area contributed by atoms with Crippen molar-refractivity contribution in [1.82, 2.24) is 20.0 Å². The summed E-state index contributed by atoms with van der Waals surface area (Å²) in [5.41, 5.74) is 1.33. The molecule has 0 saturated carbocycles. The Balaban J connectivity index is 1.80. The van der Waals surface area contributed by atoms with E-state index in [1.807, 2.05) is 6.20 Å². The van der Waals surface area contributed by atoms with Gasteiger partial charge in [-0.25, -0.2) is 9.78 Å². The topological polar surface area (TPSA) is 69.9 Å². The van der Waals surface area contributed by atoms with E-state index in [9.17, 15) is 4.79 Å². The predicted octanol–water partition coefficient (Wildman–Crippen LogP) is 3.74. The molecule has 2 aromatic rings. The van der Waals surface area contributed by atoms with Gasteiger partial charge in [0.05, 0.1) is 11.9 Å². The number of aromatic nitrogens is 4. The third-order valence-corrected chi connectivity index (χ3v) is 4.72. The number of esters is 1. The molecule has 0 aromatic carbocycles. The normalized spacial score (nSPS) is 10.9. The minimum atomic E-state index is -0.377. The summed E-state index contributed by atoms with van der Waals surface area (Å²) in [4.78, 5) is 16.6. The molecule has 0 radical (unpaired) electrons. The highest BCUT2D eigenvalue weighted by molar-refractivity contribution is 9.11. The molecular weight excluding hydrogens is 368 g/mol. The summed E-state index contributed by atoms with van der Waals surface area (Å²) < 4.78 is 7.73. The first kappa shape index (κ1) is 17.1. The van der Waals surface area contributed by atoms with Crippen molar-refractivity contribution in [3.63, 3.8) is 0 Å². The number of unbranched alkanes of at least 4 members (excludes halogenated alkanes) is 3. The minimum absolute atomic E-state index is 0.128. The lowest BCUT2D eigenvalue weighted by Gasteiger charge is -2.01. The van der Waals surface area contributed by atoms with Gasteiger partial charge in [0.1, 0.15) is 17.2 Å². The van der Waals surface area contributed by atoms with Crippen LogP contribution in [0.25, 0.3) is 0 Å². The summed E-state index contributed by atoms with van der Waals surface area (Å²) in [7, 11) is 0. The van der Waals surface area contributed by atoms with Crippen LogP contribution in [0.4, 0.5) is 0 Å². The van der Waals surface area contributed by atoms with Gasteiger partial charge in [0, 0.05) is 6.54 Å². The summed E-state index contributed by atoms with van der Waals surface area (Å²) in [6.45, 7) is 4.94. The molecule has 0 atom stereocenters. The van der Waals surface area contributed by atoms with Crippen molar-refractivity contribution in [1.29, 1.82) is 0 Å². The van der Waals surface area contributed by atoms with Crippen LogP contribution in [-0.2, 0) is 17.9 Å². The van der Waals surface area contributed by atoms with Crippen molar-refractivity contribution in [3.05, 3.63) is 26.4 Å². The average Bonchev–Trinajstić information content (AvgIpc) is 3.07. The van der Waals surface area contributed by atoms with E-state index >= 15 is 0 Å². The predicted molar refractivity (Wildman–Crippen MR) is 87.8 cm³/mol. The van der Waals surface area contributed by atoms with E-state index in [0.717, 1.165) is 13.0 Å². The quantitative estimate of drug-likeness (QED) is 0.510. The lowest BCUT2D eigenvalue weighted by molar-refractivity contribution is 0.0472. The Kier molecular flexibility index (Phi) is 6.50. The molecule has 6 nitrogen and oxygen atoms in total. The lowest BCUT2D eigenvalue weighted by Crippen LogP contribution is -2.05. The maximum Gasteiger partial charge on any atom is 0.350 e. The highest BCUT2D eigenvalue weighted by Gasteiger charge is 2.16. The zero-order valence-electron chi connectivity index (χ0n) is 12.7. The molecule has 2 heterocycles. The van der Waals surface area contributed by atoms with Crippen molar-refractivity contribution in [2.45, 2.75) is 52.7 Å². The lowest BCUT2D eigenvalue weighted by atomic mass is 10.2. The molecule has 0 saturated heterocycles. The van der Waals surface area contributed by atoms with Gasteiger partial charge in [0.15, 0.2) is 3.92 Å². The SMILES string of the molecule is CCCCCCn1cc(COC(=O)c2sc(Br)nc2C)nn1. The van der Waals surface area contributed by atoms with Crippen LogP contribution in [0.2, 0.25) is 0 Å². The van der Waals surface area contributed by atoms with Crippen molar-refractivity contribution in [3.8, 4) is 0 Å². The van der Waals surface area contributed by atoms with Gasteiger partial charge in [0.25, 0.3) is 0 Å². The minimum Gasteiger partial charge on any atom is -0.455 e. The van der Waals surface area contributed by atoms with Crippen LogP contribution >= 0.6 is 27.3 Å². The fourth-order valence-electron chi connectivity index (χ4n) is 1.97. The maximum absolute atomic E-state index is 12.0. The van der Waals surface area contributed by atoms with Crippen molar-refractivity contribution in [2.75, 3.05) is 0 Å². The average molecular weight is 387 g/mol. The van der Waals surface area contributed by atoms with Crippen LogP contribution < -0.4 is 0 Å². The second kappa shape index (κ2) is 8.38. The van der Waals surface area contributed by atoms with Crippen LogP contribution in [0.15, 0.2) is 10.1 Å². The summed E-state index contributed by atoms with van der Waals surface area (Å²) in [6, 6.07) is 0. The highest BCUT2D eigenvalue weighted by Crippen LogP contribution is 2.23. The Morgan fingerprint density at radius 3 is 2.91 bits per heavy atom.